The van der Waals surface area contributed by atoms with Crippen molar-refractivity contribution in [3.8, 4) is 0 Å². The van der Waals surface area contributed by atoms with E-state index in [1.807, 2.05) is 0 Å². The zero-order valence-corrected chi connectivity index (χ0v) is 15.0. The number of benzene rings is 1. The largest absolute Gasteiger partial charge is 0.350 e. The van der Waals surface area contributed by atoms with E-state index in [2.05, 4.69) is 15.4 Å². The van der Waals surface area contributed by atoms with Crippen molar-refractivity contribution in [3.05, 3.63) is 29.3 Å². The van der Waals surface area contributed by atoms with E-state index in [0.29, 0.717) is 24.7 Å². The predicted molar refractivity (Wildman–Crippen MR) is 92.6 cm³/mol. The minimum atomic E-state index is -3.56. The zero-order valence-electron chi connectivity index (χ0n) is 13.4. The summed E-state index contributed by atoms with van der Waals surface area (Å²) < 4.78 is 26.5. The molecular formula is C15H24ClN3O3S. The first kappa shape index (κ1) is 19.9. The predicted octanol–water partition coefficient (Wildman–Crippen LogP) is 1.20. The van der Waals surface area contributed by atoms with E-state index < -0.39 is 10.0 Å². The molecular weight excluding hydrogens is 338 g/mol. The molecule has 6 nitrogen and oxygen atoms in total. The fraction of sp³-hybridized carbons (Fsp3) is 0.533. The number of rotatable bonds is 6. The van der Waals surface area contributed by atoms with Crippen LogP contribution in [-0.2, 0) is 10.0 Å². The fourth-order valence-electron chi connectivity index (χ4n) is 2.53. The first-order valence-electron chi connectivity index (χ1n) is 7.56. The molecule has 1 aromatic carbocycles. The second-order valence-corrected chi connectivity index (χ2v) is 7.25. The first-order chi connectivity index (χ1) is 10.4. The summed E-state index contributed by atoms with van der Waals surface area (Å²) in [5.74, 6) is -0.236. The standard InChI is InChI=1S/C15H23N3O3S.ClH/c1-3-18-22(20,21)13-7-6-11(2)14(9-13)15(19)17-10-12-5-4-8-16-12;/h6-7,9,12,16,18H,3-5,8,10H2,1-2H3,(H,17,19);1H. The number of halogens is 1. The third kappa shape index (κ3) is 5.17. The molecule has 2 rings (SSSR count). The first-order valence-corrected chi connectivity index (χ1v) is 9.04. The number of amides is 1. The van der Waals surface area contributed by atoms with Gasteiger partial charge in [-0.25, -0.2) is 13.1 Å². The molecule has 0 bridgehead atoms. The summed E-state index contributed by atoms with van der Waals surface area (Å²) in [6.07, 6.45) is 2.17. The van der Waals surface area contributed by atoms with Gasteiger partial charge in [-0.3, -0.25) is 4.79 Å². The Labute approximate surface area is 143 Å². The minimum absolute atomic E-state index is 0. The van der Waals surface area contributed by atoms with Crippen LogP contribution in [0.15, 0.2) is 23.1 Å². The van der Waals surface area contributed by atoms with Crippen LogP contribution in [-0.4, -0.2) is 40.0 Å². The molecule has 0 saturated carbocycles. The molecule has 8 heteroatoms. The monoisotopic (exact) mass is 361 g/mol. The molecule has 1 fully saturated rings. The third-order valence-corrected chi connectivity index (χ3v) is 5.31. The smallest absolute Gasteiger partial charge is 0.251 e. The highest BCUT2D eigenvalue weighted by molar-refractivity contribution is 7.89. The second kappa shape index (κ2) is 8.63. The average molecular weight is 362 g/mol. The Kier molecular flexibility index (Phi) is 7.47. The van der Waals surface area contributed by atoms with Gasteiger partial charge in [0.15, 0.2) is 0 Å². The Hall–Kier alpha value is -1.15. The van der Waals surface area contributed by atoms with Crippen molar-refractivity contribution in [2.75, 3.05) is 19.6 Å². The van der Waals surface area contributed by atoms with E-state index in [-0.39, 0.29) is 23.2 Å². The van der Waals surface area contributed by atoms with E-state index in [0.717, 1.165) is 24.9 Å². The summed E-state index contributed by atoms with van der Waals surface area (Å²) in [4.78, 5) is 12.4. The van der Waals surface area contributed by atoms with Crippen molar-refractivity contribution < 1.29 is 13.2 Å². The molecule has 1 aromatic rings. The second-order valence-electron chi connectivity index (χ2n) is 5.48. The number of sulfonamides is 1. The SMILES string of the molecule is CCNS(=O)(=O)c1ccc(C)c(C(=O)NCC2CCCN2)c1.Cl. The molecule has 0 spiro atoms. The van der Waals surface area contributed by atoms with Crippen LogP contribution in [0.25, 0.3) is 0 Å². The van der Waals surface area contributed by atoms with E-state index >= 15 is 0 Å². The van der Waals surface area contributed by atoms with Gasteiger partial charge in [0.1, 0.15) is 0 Å². The van der Waals surface area contributed by atoms with Gasteiger partial charge in [-0.15, -0.1) is 12.4 Å². The topological polar surface area (TPSA) is 87.3 Å². The van der Waals surface area contributed by atoms with E-state index in [1.165, 1.54) is 12.1 Å². The van der Waals surface area contributed by atoms with Crippen LogP contribution >= 0.6 is 12.4 Å². The molecule has 1 heterocycles. The zero-order chi connectivity index (χ0) is 16.2. The summed E-state index contributed by atoms with van der Waals surface area (Å²) in [5.41, 5.74) is 1.16. The van der Waals surface area contributed by atoms with Crippen molar-refractivity contribution in [1.82, 2.24) is 15.4 Å². The van der Waals surface area contributed by atoms with E-state index in [9.17, 15) is 13.2 Å². The lowest BCUT2D eigenvalue weighted by molar-refractivity contribution is 0.0949. The third-order valence-electron chi connectivity index (χ3n) is 3.77. The van der Waals surface area contributed by atoms with Crippen molar-refractivity contribution in [2.45, 2.75) is 37.6 Å². The molecule has 0 aliphatic carbocycles. The van der Waals surface area contributed by atoms with Crippen LogP contribution in [0.5, 0.6) is 0 Å². The minimum Gasteiger partial charge on any atom is -0.350 e. The summed E-state index contributed by atoms with van der Waals surface area (Å²) >= 11 is 0. The van der Waals surface area contributed by atoms with Crippen LogP contribution in [0.4, 0.5) is 0 Å². The maximum absolute atomic E-state index is 12.3. The summed E-state index contributed by atoms with van der Waals surface area (Å²) in [6, 6.07) is 4.92. The van der Waals surface area contributed by atoms with Crippen molar-refractivity contribution >= 4 is 28.3 Å². The van der Waals surface area contributed by atoms with Crippen LogP contribution in [0.1, 0.15) is 35.7 Å². The van der Waals surface area contributed by atoms with Crippen LogP contribution in [0.2, 0.25) is 0 Å². The van der Waals surface area contributed by atoms with Gasteiger partial charge in [0.05, 0.1) is 4.90 Å². The maximum atomic E-state index is 12.3. The molecule has 1 unspecified atom stereocenters. The molecule has 3 N–H and O–H groups in total. The molecule has 130 valence electrons. The number of carbonyl (C=O) groups is 1. The number of hydrogen-bond donors (Lipinski definition) is 3. The molecule has 0 radical (unpaired) electrons. The van der Waals surface area contributed by atoms with Gasteiger partial charge >= 0.3 is 0 Å². The molecule has 1 atom stereocenters. The lowest BCUT2D eigenvalue weighted by atomic mass is 10.1. The van der Waals surface area contributed by atoms with Gasteiger partial charge in [-0.2, -0.15) is 0 Å². The number of aryl methyl sites for hydroxylation is 1. The highest BCUT2D eigenvalue weighted by atomic mass is 35.5. The summed E-state index contributed by atoms with van der Waals surface area (Å²) in [6.45, 7) is 5.36. The van der Waals surface area contributed by atoms with Crippen LogP contribution in [0.3, 0.4) is 0 Å². The summed E-state index contributed by atoms with van der Waals surface area (Å²) in [7, 11) is -3.56. The van der Waals surface area contributed by atoms with Crippen molar-refractivity contribution in [3.63, 3.8) is 0 Å². The molecule has 1 amide bonds. The Morgan fingerprint density at radius 3 is 2.74 bits per heavy atom. The summed E-state index contributed by atoms with van der Waals surface area (Å²) in [5, 5.41) is 6.19. The Balaban J connectivity index is 0.00000264. The van der Waals surface area contributed by atoms with E-state index in [4.69, 9.17) is 0 Å². The van der Waals surface area contributed by atoms with Gasteiger partial charge < -0.3 is 10.6 Å². The van der Waals surface area contributed by atoms with Gasteiger partial charge in [0.2, 0.25) is 10.0 Å². The van der Waals surface area contributed by atoms with Gasteiger partial charge in [-0.05, 0) is 44.0 Å². The fourth-order valence-corrected chi connectivity index (χ4v) is 3.60. The lowest BCUT2D eigenvalue weighted by Gasteiger charge is -2.13. The molecule has 0 aromatic heterocycles. The highest BCUT2D eigenvalue weighted by Gasteiger charge is 2.19. The van der Waals surface area contributed by atoms with Gasteiger partial charge in [0, 0.05) is 24.7 Å². The van der Waals surface area contributed by atoms with Crippen molar-refractivity contribution in [1.29, 1.82) is 0 Å². The molecule has 1 aliphatic rings. The van der Waals surface area contributed by atoms with E-state index in [1.54, 1.807) is 19.9 Å². The number of nitrogens with one attached hydrogen (secondary N) is 3. The molecule has 1 aliphatic heterocycles. The number of carbonyl (C=O) groups excluding carboxylic acids is 1. The van der Waals surface area contributed by atoms with Gasteiger partial charge in [0.25, 0.3) is 5.91 Å². The van der Waals surface area contributed by atoms with Crippen molar-refractivity contribution in [2.24, 2.45) is 0 Å². The Morgan fingerprint density at radius 1 is 1.39 bits per heavy atom. The van der Waals surface area contributed by atoms with Crippen LogP contribution in [0, 0.1) is 6.92 Å². The lowest BCUT2D eigenvalue weighted by Crippen LogP contribution is -2.37. The number of hydrogen-bond acceptors (Lipinski definition) is 4. The average Bonchev–Trinajstić information content (AvgIpc) is 2.98. The Bertz CT molecular complexity index is 643. The maximum Gasteiger partial charge on any atom is 0.251 e. The van der Waals surface area contributed by atoms with Crippen LogP contribution < -0.4 is 15.4 Å². The Morgan fingerprint density at radius 2 is 2.13 bits per heavy atom. The van der Waals surface area contributed by atoms with Gasteiger partial charge in [-0.1, -0.05) is 13.0 Å². The molecule has 23 heavy (non-hydrogen) atoms. The highest BCUT2D eigenvalue weighted by Crippen LogP contribution is 2.16. The quantitative estimate of drug-likeness (QED) is 0.710. The normalized spacial score (nSPS) is 17.6. The molecule has 1 saturated heterocycles.